The predicted molar refractivity (Wildman–Crippen MR) is 142 cm³/mol. The largest absolute Gasteiger partial charge is 0.378 e. The van der Waals surface area contributed by atoms with Gasteiger partial charge in [0.05, 0.1) is 31.0 Å². The molecule has 184 valence electrons. The number of nitrogens with one attached hydrogen (secondary N) is 1. The van der Waals surface area contributed by atoms with Crippen LogP contribution in [0.25, 0.3) is 0 Å². The highest BCUT2D eigenvalue weighted by Crippen LogP contribution is 2.43. The molecular formula is C26H28N8OS. The molecular weight excluding hydrogens is 472 g/mol. The van der Waals surface area contributed by atoms with Crippen LogP contribution < -0.4 is 15.1 Å². The zero-order valence-corrected chi connectivity index (χ0v) is 21.1. The molecule has 1 aromatic carbocycles. The molecule has 0 amide bonds. The number of benzene rings is 1. The van der Waals surface area contributed by atoms with Crippen LogP contribution in [0.4, 0.5) is 11.4 Å². The van der Waals surface area contributed by atoms with E-state index in [-0.39, 0.29) is 12.1 Å². The van der Waals surface area contributed by atoms with Crippen molar-refractivity contribution in [2.45, 2.75) is 25.9 Å². The average molecular weight is 501 g/mol. The van der Waals surface area contributed by atoms with Gasteiger partial charge in [-0.2, -0.15) is 0 Å². The number of morpholine rings is 1. The summed E-state index contributed by atoms with van der Waals surface area (Å²) in [6, 6.07) is 16.7. The molecule has 0 spiro atoms. The number of pyridine rings is 1. The molecule has 9 nitrogen and oxygen atoms in total. The number of nitrogens with zero attached hydrogens (tertiary/aromatic N) is 7. The maximum Gasteiger partial charge on any atom is 0.174 e. The zero-order valence-electron chi connectivity index (χ0n) is 20.3. The summed E-state index contributed by atoms with van der Waals surface area (Å²) in [4.78, 5) is 9.26. The molecule has 0 bridgehead atoms. The molecule has 2 aliphatic rings. The van der Waals surface area contributed by atoms with E-state index in [1.165, 1.54) is 11.3 Å². The van der Waals surface area contributed by atoms with Crippen molar-refractivity contribution < 1.29 is 4.74 Å². The maximum atomic E-state index is 5.93. The van der Waals surface area contributed by atoms with E-state index in [1.807, 2.05) is 23.0 Å². The fourth-order valence-electron chi connectivity index (χ4n) is 5.33. The first-order valence-corrected chi connectivity index (χ1v) is 12.5. The van der Waals surface area contributed by atoms with Crippen LogP contribution in [-0.2, 0) is 4.74 Å². The molecule has 1 N–H and O–H groups in total. The molecule has 2 fully saturated rings. The van der Waals surface area contributed by atoms with Gasteiger partial charge in [-0.25, -0.2) is 4.68 Å². The zero-order chi connectivity index (χ0) is 24.6. The highest BCUT2D eigenvalue weighted by Gasteiger charge is 2.42. The summed E-state index contributed by atoms with van der Waals surface area (Å²) in [6.07, 6.45) is 5.25. The van der Waals surface area contributed by atoms with Crippen molar-refractivity contribution in [1.29, 1.82) is 0 Å². The van der Waals surface area contributed by atoms with Crippen molar-refractivity contribution in [2.75, 3.05) is 36.1 Å². The van der Waals surface area contributed by atoms with Gasteiger partial charge in [0.15, 0.2) is 5.11 Å². The van der Waals surface area contributed by atoms with Crippen molar-refractivity contribution in [1.82, 2.24) is 29.9 Å². The first kappa shape index (κ1) is 22.7. The normalized spacial score (nSPS) is 20.1. The second-order valence-electron chi connectivity index (χ2n) is 9.09. The number of anilines is 2. The van der Waals surface area contributed by atoms with Crippen LogP contribution in [0.15, 0.2) is 67.4 Å². The van der Waals surface area contributed by atoms with Crippen LogP contribution in [0.1, 0.15) is 34.7 Å². The Morgan fingerprint density at radius 1 is 0.972 bits per heavy atom. The third-order valence-electron chi connectivity index (χ3n) is 6.99. The molecule has 0 radical (unpaired) electrons. The molecule has 6 rings (SSSR count). The molecule has 0 aliphatic carbocycles. The molecule has 36 heavy (non-hydrogen) atoms. The Morgan fingerprint density at radius 3 is 2.39 bits per heavy atom. The van der Waals surface area contributed by atoms with E-state index < -0.39 is 0 Å². The van der Waals surface area contributed by atoms with Crippen LogP contribution in [0.3, 0.4) is 0 Å². The minimum Gasteiger partial charge on any atom is -0.378 e. The fraction of sp³-hybridized carbons (Fsp3) is 0.308. The third-order valence-corrected chi connectivity index (χ3v) is 7.31. The van der Waals surface area contributed by atoms with E-state index in [4.69, 9.17) is 17.0 Å². The number of rotatable bonds is 5. The summed E-state index contributed by atoms with van der Waals surface area (Å²) >= 11 is 5.93. The smallest absolute Gasteiger partial charge is 0.174 e. The van der Waals surface area contributed by atoms with Crippen LogP contribution in [0.5, 0.6) is 0 Å². The summed E-state index contributed by atoms with van der Waals surface area (Å²) in [7, 11) is 0. The van der Waals surface area contributed by atoms with Gasteiger partial charge in [-0.05, 0) is 68.5 Å². The summed E-state index contributed by atoms with van der Waals surface area (Å²) in [5.74, 6) is 0. The summed E-state index contributed by atoms with van der Waals surface area (Å²) in [6.45, 7) is 7.55. The van der Waals surface area contributed by atoms with Crippen LogP contribution in [0.2, 0.25) is 0 Å². The molecule has 3 aromatic heterocycles. The first-order valence-electron chi connectivity index (χ1n) is 12.1. The van der Waals surface area contributed by atoms with Gasteiger partial charge < -0.3 is 19.9 Å². The minimum atomic E-state index is -0.104. The van der Waals surface area contributed by atoms with Crippen molar-refractivity contribution in [2.24, 2.45) is 0 Å². The van der Waals surface area contributed by atoms with Crippen molar-refractivity contribution in [3.05, 3.63) is 90.0 Å². The van der Waals surface area contributed by atoms with E-state index >= 15 is 0 Å². The lowest BCUT2D eigenvalue weighted by Crippen LogP contribution is -2.36. The minimum absolute atomic E-state index is 0.0851. The number of hydrogen-bond acceptors (Lipinski definition) is 6. The Kier molecular flexibility index (Phi) is 5.90. The number of aryl methyl sites for hydroxylation is 1. The molecule has 2 atom stereocenters. The Labute approximate surface area is 215 Å². The van der Waals surface area contributed by atoms with Gasteiger partial charge in [-0.1, -0.05) is 6.07 Å². The molecule has 0 unspecified atom stereocenters. The lowest BCUT2D eigenvalue weighted by molar-refractivity contribution is 0.122. The Hall–Kier alpha value is -3.76. The molecule has 0 saturated carbocycles. The quantitative estimate of drug-likeness (QED) is 0.418. The number of ether oxygens (including phenoxy) is 1. The third kappa shape index (κ3) is 3.92. The van der Waals surface area contributed by atoms with E-state index in [2.05, 4.69) is 85.2 Å². The first-order chi connectivity index (χ1) is 17.6. The monoisotopic (exact) mass is 500 g/mol. The highest BCUT2D eigenvalue weighted by atomic mass is 32.1. The number of thiocarbonyl (C=S) groups is 1. The molecule has 10 heteroatoms. The number of hydrogen-bond donors (Lipinski definition) is 1. The standard InChI is InChI=1S/C26H28N8OS/c1-18-15-22(19(2)34(18)32-16-28-29-17-32)25-24(23-5-3-4-10-27-23)30-26(36)33(25)21-8-6-20(7-9-21)31-11-13-35-14-12-31/h3-10,15-17,24-25H,11-14H2,1-2H3,(H,30,36)/t24-,25+/m1/s1. The van der Waals surface area contributed by atoms with Gasteiger partial charge in [0.1, 0.15) is 12.7 Å². The van der Waals surface area contributed by atoms with Crippen molar-refractivity contribution in [3.8, 4) is 0 Å². The fourth-order valence-corrected chi connectivity index (χ4v) is 5.67. The Bertz CT molecular complexity index is 1350. The summed E-state index contributed by atoms with van der Waals surface area (Å²) in [5.41, 5.74) is 6.54. The topological polar surface area (TPSA) is 76.3 Å². The van der Waals surface area contributed by atoms with E-state index in [1.54, 1.807) is 12.7 Å². The Balaban J connectivity index is 1.43. The highest BCUT2D eigenvalue weighted by molar-refractivity contribution is 7.80. The predicted octanol–water partition coefficient (Wildman–Crippen LogP) is 3.42. The number of aromatic nitrogens is 5. The van der Waals surface area contributed by atoms with Crippen molar-refractivity contribution in [3.63, 3.8) is 0 Å². The van der Waals surface area contributed by atoms with Gasteiger partial charge in [-0.15, -0.1) is 10.2 Å². The van der Waals surface area contributed by atoms with Gasteiger partial charge in [0.25, 0.3) is 0 Å². The Morgan fingerprint density at radius 2 is 1.69 bits per heavy atom. The lowest BCUT2D eigenvalue weighted by Gasteiger charge is -2.31. The maximum absolute atomic E-state index is 5.93. The average Bonchev–Trinajstić information content (AvgIpc) is 3.63. The van der Waals surface area contributed by atoms with Crippen LogP contribution in [-0.4, -0.2) is 55.9 Å². The molecule has 2 saturated heterocycles. The molecule has 2 aliphatic heterocycles. The van der Waals surface area contributed by atoms with Gasteiger partial charge in [0.2, 0.25) is 0 Å². The van der Waals surface area contributed by atoms with Gasteiger partial charge in [-0.3, -0.25) is 9.66 Å². The molecule has 4 aromatic rings. The summed E-state index contributed by atoms with van der Waals surface area (Å²) in [5, 5.41) is 12.2. The van der Waals surface area contributed by atoms with Crippen LogP contribution >= 0.6 is 12.2 Å². The second-order valence-corrected chi connectivity index (χ2v) is 9.48. The van der Waals surface area contributed by atoms with Crippen molar-refractivity contribution >= 4 is 28.7 Å². The van der Waals surface area contributed by atoms with Gasteiger partial charge in [0, 0.05) is 47.6 Å². The SMILES string of the molecule is Cc1cc([C@H]2[C@@H](c3ccccn3)NC(=S)N2c2ccc(N3CCOCC3)cc2)c(C)n1-n1cnnc1. The summed E-state index contributed by atoms with van der Waals surface area (Å²) < 4.78 is 9.53. The second kappa shape index (κ2) is 9.36. The van der Waals surface area contributed by atoms with E-state index in [0.717, 1.165) is 49.1 Å². The molecule has 5 heterocycles. The lowest BCUT2D eigenvalue weighted by atomic mass is 9.96. The van der Waals surface area contributed by atoms with Gasteiger partial charge >= 0.3 is 0 Å². The van der Waals surface area contributed by atoms with E-state index in [9.17, 15) is 0 Å². The van der Waals surface area contributed by atoms with Crippen LogP contribution in [0, 0.1) is 13.8 Å². The van der Waals surface area contributed by atoms with E-state index in [0.29, 0.717) is 5.11 Å².